The summed E-state index contributed by atoms with van der Waals surface area (Å²) >= 11 is 0. The van der Waals surface area contributed by atoms with Gasteiger partial charge in [-0.3, -0.25) is 9.59 Å². The molecule has 0 spiro atoms. The predicted octanol–water partition coefficient (Wildman–Crippen LogP) is 4.40. The highest BCUT2D eigenvalue weighted by Gasteiger charge is 2.37. The summed E-state index contributed by atoms with van der Waals surface area (Å²) in [7, 11) is 0. The number of fused-ring (bicyclic) bond motifs is 3. The standard InChI is InChI=1S/C31H32N2O7/c1-3-31(2,29(36)37)33-28(35)26(17-27(34)39-18-20-11-5-4-6-12-20)32-30(38)40-19-25-23-15-9-7-13-21(23)22-14-8-10-16-24(22)25/h4-16,25-26H,3,17-19H2,1-2H3,(H,32,38)(H,33,35)(H,36,37)/t26-,31?/m0/s1. The van der Waals surface area contributed by atoms with Crippen LogP contribution in [-0.4, -0.2) is 47.2 Å². The molecule has 2 amide bonds. The van der Waals surface area contributed by atoms with Gasteiger partial charge in [-0.25, -0.2) is 9.59 Å². The predicted molar refractivity (Wildman–Crippen MR) is 147 cm³/mol. The van der Waals surface area contributed by atoms with Crippen molar-refractivity contribution in [3.05, 3.63) is 95.6 Å². The molecule has 3 aromatic carbocycles. The van der Waals surface area contributed by atoms with Gasteiger partial charge in [0.1, 0.15) is 24.8 Å². The van der Waals surface area contributed by atoms with Gasteiger partial charge < -0.3 is 25.2 Å². The fraction of sp³-hybridized carbons (Fsp3) is 0.290. The zero-order chi connectivity index (χ0) is 28.7. The lowest BCUT2D eigenvalue weighted by Crippen LogP contribution is -2.58. The number of benzene rings is 3. The number of aliphatic carboxylic acids is 1. The monoisotopic (exact) mass is 544 g/mol. The molecule has 0 aliphatic heterocycles. The van der Waals surface area contributed by atoms with Gasteiger partial charge in [-0.1, -0.05) is 85.8 Å². The van der Waals surface area contributed by atoms with Crippen molar-refractivity contribution in [3.63, 3.8) is 0 Å². The van der Waals surface area contributed by atoms with Gasteiger partial charge in [-0.2, -0.15) is 0 Å². The Bertz CT molecular complexity index is 1350. The van der Waals surface area contributed by atoms with Crippen molar-refractivity contribution in [1.82, 2.24) is 10.6 Å². The third kappa shape index (κ3) is 6.48. The van der Waals surface area contributed by atoms with Crippen molar-refractivity contribution < 1.29 is 33.8 Å². The van der Waals surface area contributed by atoms with Gasteiger partial charge in [0.2, 0.25) is 5.91 Å². The summed E-state index contributed by atoms with van der Waals surface area (Å²) in [5, 5.41) is 14.5. The summed E-state index contributed by atoms with van der Waals surface area (Å²) in [5.41, 5.74) is 3.35. The molecule has 9 nitrogen and oxygen atoms in total. The van der Waals surface area contributed by atoms with Crippen LogP contribution in [0.25, 0.3) is 11.1 Å². The molecule has 40 heavy (non-hydrogen) atoms. The lowest BCUT2D eigenvalue weighted by Gasteiger charge is -2.27. The molecule has 0 fully saturated rings. The summed E-state index contributed by atoms with van der Waals surface area (Å²) in [5.74, 6) is -3.01. The van der Waals surface area contributed by atoms with Crippen LogP contribution in [0.15, 0.2) is 78.9 Å². The van der Waals surface area contributed by atoms with Crippen LogP contribution < -0.4 is 10.6 Å². The number of hydrogen-bond acceptors (Lipinski definition) is 6. The van der Waals surface area contributed by atoms with Gasteiger partial charge >= 0.3 is 18.0 Å². The van der Waals surface area contributed by atoms with Crippen LogP contribution in [0, 0.1) is 0 Å². The maximum absolute atomic E-state index is 13.1. The van der Waals surface area contributed by atoms with Crippen molar-refractivity contribution in [3.8, 4) is 11.1 Å². The van der Waals surface area contributed by atoms with Crippen LogP contribution in [0.2, 0.25) is 0 Å². The number of ether oxygens (including phenoxy) is 2. The average Bonchev–Trinajstić information content (AvgIpc) is 3.28. The number of nitrogens with one attached hydrogen (secondary N) is 2. The van der Waals surface area contributed by atoms with E-state index in [1.807, 2.05) is 54.6 Å². The highest BCUT2D eigenvalue weighted by atomic mass is 16.5. The van der Waals surface area contributed by atoms with Gasteiger partial charge in [0.05, 0.1) is 6.42 Å². The Kier molecular flexibility index (Phi) is 8.83. The van der Waals surface area contributed by atoms with E-state index in [2.05, 4.69) is 10.6 Å². The largest absolute Gasteiger partial charge is 0.480 e. The van der Waals surface area contributed by atoms with Crippen molar-refractivity contribution in [2.75, 3.05) is 6.61 Å². The fourth-order valence-electron chi connectivity index (χ4n) is 4.61. The van der Waals surface area contributed by atoms with Gasteiger partial charge in [0.25, 0.3) is 0 Å². The average molecular weight is 545 g/mol. The Morgan fingerprint density at radius 1 is 0.875 bits per heavy atom. The SMILES string of the molecule is CCC(C)(NC(=O)[C@H](CC(=O)OCc1ccccc1)NC(=O)OCC1c2ccccc2-c2ccccc21)C(=O)O. The molecule has 2 atom stereocenters. The molecule has 1 unspecified atom stereocenters. The van der Waals surface area contributed by atoms with Gasteiger partial charge in [0.15, 0.2) is 0 Å². The smallest absolute Gasteiger partial charge is 0.407 e. The zero-order valence-corrected chi connectivity index (χ0v) is 22.4. The van der Waals surface area contributed by atoms with E-state index < -0.39 is 41.9 Å². The maximum atomic E-state index is 13.1. The summed E-state index contributed by atoms with van der Waals surface area (Å²) in [6.45, 7) is 2.96. The first-order valence-corrected chi connectivity index (χ1v) is 13.1. The number of amides is 2. The van der Waals surface area contributed by atoms with E-state index in [1.54, 1.807) is 31.2 Å². The highest BCUT2D eigenvalue weighted by Crippen LogP contribution is 2.44. The van der Waals surface area contributed by atoms with Crippen LogP contribution in [0.4, 0.5) is 4.79 Å². The molecule has 0 saturated heterocycles. The fourth-order valence-corrected chi connectivity index (χ4v) is 4.61. The third-order valence-corrected chi connectivity index (χ3v) is 7.14. The lowest BCUT2D eigenvalue weighted by atomic mass is 9.98. The molecule has 0 radical (unpaired) electrons. The molecule has 1 aliphatic rings. The second-order valence-electron chi connectivity index (χ2n) is 9.85. The van der Waals surface area contributed by atoms with E-state index >= 15 is 0 Å². The van der Waals surface area contributed by atoms with Crippen molar-refractivity contribution >= 4 is 23.9 Å². The summed E-state index contributed by atoms with van der Waals surface area (Å²) in [6, 6.07) is 23.3. The second-order valence-corrected chi connectivity index (χ2v) is 9.85. The normalized spacial score (nSPS) is 14.2. The summed E-state index contributed by atoms with van der Waals surface area (Å²) in [4.78, 5) is 50.3. The minimum atomic E-state index is -1.59. The van der Waals surface area contributed by atoms with E-state index in [0.717, 1.165) is 27.8 Å². The van der Waals surface area contributed by atoms with E-state index in [0.29, 0.717) is 0 Å². The van der Waals surface area contributed by atoms with Gasteiger partial charge in [0, 0.05) is 5.92 Å². The quantitative estimate of drug-likeness (QED) is 0.305. The maximum Gasteiger partial charge on any atom is 0.407 e. The number of carboxylic acids is 1. The minimum absolute atomic E-state index is 0.00839. The molecule has 0 aromatic heterocycles. The molecule has 4 rings (SSSR count). The molecule has 3 N–H and O–H groups in total. The number of carbonyl (C=O) groups excluding carboxylic acids is 3. The molecular formula is C31H32N2O7. The summed E-state index contributed by atoms with van der Waals surface area (Å²) in [6.07, 6.45) is -1.33. The molecule has 0 bridgehead atoms. The van der Waals surface area contributed by atoms with Crippen LogP contribution >= 0.6 is 0 Å². The number of carboxylic acid groups (broad SMARTS) is 1. The van der Waals surface area contributed by atoms with Gasteiger partial charge in [-0.15, -0.1) is 0 Å². The van der Waals surface area contributed by atoms with E-state index in [1.165, 1.54) is 6.92 Å². The first kappa shape index (κ1) is 28.4. The van der Waals surface area contributed by atoms with Crippen molar-refractivity contribution in [1.29, 1.82) is 0 Å². The lowest BCUT2D eigenvalue weighted by molar-refractivity contribution is -0.149. The number of hydrogen-bond donors (Lipinski definition) is 3. The Hall–Kier alpha value is -4.66. The molecular weight excluding hydrogens is 512 g/mol. The van der Waals surface area contributed by atoms with E-state index in [4.69, 9.17) is 9.47 Å². The first-order chi connectivity index (χ1) is 19.2. The third-order valence-electron chi connectivity index (χ3n) is 7.14. The molecule has 0 heterocycles. The Balaban J connectivity index is 1.44. The van der Waals surface area contributed by atoms with Crippen LogP contribution in [0.5, 0.6) is 0 Å². The molecule has 1 aliphatic carbocycles. The van der Waals surface area contributed by atoms with Crippen LogP contribution in [0.3, 0.4) is 0 Å². The number of carbonyl (C=O) groups is 4. The molecule has 3 aromatic rings. The van der Waals surface area contributed by atoms with Crippen molar-refractivity contribution in [2.24, 2.45) is 0 Å². The highest BCUT2D eigenvalue weighted by molar-refractivity contribution is 5.93. The van der Waals surface area contributed by atoms with Crippen LogP contribution in [-0.2, 0) is 30.5 Å². The number of alkyl carbamates (subject to hydrolysis) is 1. The number of rotatable bonds is 11. The Morgan fingerprint density at radius 2 is 1.45 bits per heavy atom. The zero-order valence-electron chi connectivity index (χ0n) is 22.4. The topological polar surface area (TPSA) is 131 Å². The second kappa shape index (κ2) is 12.5. The van der Waals surface area contributed by atoms with E-state index in [-0.39, 0.29) is 25.6 Å². The van der Waals surface area contributed by atoms with E-state index in [9.17, 15) is 24.3 Å². The van der Waals surface area contributed by atoms with Crippen molar-refractivity contribution in [2.45, 2.75) is 50.8 Å². The summed E-state index contributed by atoms with van der Waals surface area (Å²) < 4.78 is 10.8. The van der Waals surface area contributed by atoms with Crippen LogP contribution in [0.1, 0.15) is 49.3 Å². The first-order valence-electron chi connectivity index (χ1n) is 13.1. The molecule has 208 valence electrons. The minimum Gasteiger partial charge on any atom is -0.480 e. The Labute approximate surface area is 232 Å². The molecule has 9 heteroatoms. The Morgan fingerprint density at radius 3 is 2.02 bits per heavy atom. The molecule has 0 saturated carbocycles. The number of esters is 1. The van der Waals surface area contributed by atoms with Gasteiger partial charge in [-0.05, 0) is 41.2 Å².